The number of aliphatic hydroxyl groups is 1. The molecule has 4 bridgehead atoms. The van der Waals surface area contributed by atoms with E-state index in [1.54, 1.807) is 55.5 Å². The Bertz CT molecular complexity index is 2050. The predicted octanol–water partition coefficient (Wildman–Crippen LogP) is 0.573. The smallest absolute Gasteiger partial charge is 0.254 e. The Balaban J connectivity index is 1.94. The molecule has 5 amide bonds. The van der Waals surface area contributed by atoms with E-state index < -0.39 is 60.3 Å². The average Bonchev–Trinajstić information content (AvgIpc) is 3.23. The molecule has 4 rings (SSSR count). The van der Waals surface area contributed by atoms with Crippen molar-refractivity contribution in [3.63, 3.8) is 0 Å². The number of hydrogen-bond acceptors (Lipinski definition) is 12. The van der Waals surface area contributed by atoms with Crippen LogP contribution in [-0.2, 0) is 25.6 Å². The third-order valence-corrected chi connectivity index (χ3v) is 10.1. The summed E-state index contributed by atoms with van der Waals surface area (Å²) >= 11 is 0. The van der Waals surface area contributed by atoms with E-state index in [1.807, 2.05) is 19.1 Å². The van der Waals surface area contributed by atoms with Crippen molar-refractivity contribution in [3.05, 3.63) is 82.4 Å². The highest BCUT2D eigenvalue weighted by Crippen LogP contribution is 2.40. The van der Waals surface area contributed by atoms with Crippen LogP contribution >= 0.6 is 0 Å². The number of carbonyl (C=O) groups excluding carboxylic acids is 5. The Morgan fingerprint density at radius 1 is 0.933 bits per heavy atom. The van der Waals surface area contributed by atoms with Crippen LogP contribution in [-0.4, -0.2) is 122 Å². The van der Waals surface area contributed by atoms with E-state index in [9.17, 15) is 29.1 Å². The summed E-state index contributed by atoms with van der Waals surface area (Å²) in [6.45, 7) is 5.35. The number of nitrogens with two attached hydrogens (primary N) is 3. The van der Waals surface area contributed by atoms with Gasteiger partial charge in [-0.3, -0.25) is 24.0 Å². The van der Waals surface area contributed by atoms with Crippen molar-refractivity contribution in [1.29, 1.82) is 5.26 Å². The molecule has 4 atom stereocenters. The number of benzene rings is 3. The van der Waals surface area contributed by atoms with Gasteiger partial charge >= 0.3 is 0 Å². The van der Waals surface area contributed by atoms with Crippen molar-refractivity contribution in [2.45, 2.75) is 64.2 Å². The van der Waals surface area contributed by atoms with Crippen LogP contribution in [0, 0.1) is 25.2 Å². The fourth-order valence-electron chi connectivity index (χ4n) is 7.10. The molecule has 0 aliphatic carbocycles. The van der Waals surface area contributed by atoms with E-state index >= 15 is 0 Å². The van der Waals surface area contributed by atoms with Gasteiger partial charge in [-0.05, 0) is 87.2 Å². The number of nitriles is 1. The number of hydrogen-bond donors (Lipinski definition) is 7. The topological polar surface area (TPSA) is 268 Å². The molecule has 1 heterocycles. The van der Waals surface area contributed by atoms with Gasteiger partial charge in [0.2, 0.25) is 23.6 Å². The number of fused-ring (bicyclic) bond motifs is 5. The standard InChI is InChI=1S/C43H57N9O8/c1-26-6-9-31(27(2)22-26)42(57)52(18-5-13-44)35(12-19-53)43(58)51(4)38-30-8-11-37(60-21-16-47)33(25-30)32-23-29(7-10-36(32)59-20-15-46)24-34(40(55)48-17-14-45)50-39(54)28(3)49-41(38)56/h6-11,22-23,25,28,34-35,38,53H,5,12-13,15-21,24,44,46-47H2,1-4H3,(H,48,55)(H,49,56)(H,50,54)/t28-,34-,35-,38-/m0/s1. The molecule has 322 valence electrons. The van der Waals surface area contributed by atoms with Gasteiger partial charge < -0.3 is 57.5 Å². The summed E-state index contributed by atoms with van der Waals surface area (Å²) in [6.07, 6.45) is 0.196. The maximum atomic E-state index is 14.9. The zero-order valence-corrected chi connectivity index (χ0v) is 34.7. The largest absolute Gasteiger partial charge is 0.492 e. The van der Waals surface area contributed by atoms with Gasteiger partial charge in [-0.2, -0.15) is 5.26 Å². The van der Waals surface area contributed by atoms with Gasteiger partial charge in [-0.1, -0.05) is 29.8 Å². The van der Waals surface area contributed by atoms with Crippen LogP contribution in [0.25, 0.3) is 11.1 Å². The third kappa shape index (κ3) is 11.6. The molecule has 3 aromatic rings. The molecule has 0 fully saturated rings. The maximum Gasteiger partial charge on any atom is 0.254 e. The molecule has 0 unspecified atom stereocenters. The summed E-state index contributed by atoms with van der Waals surface area (Å²) in [5.41, 5.74) is 21.4. The van der Waals surface area contributed by atoms with Crippen LogP contribution in [0.3, 0.4) is 0 Å². The lowest BCUT2D eigenvalue weighted by Crippen LogP contribution is -2.56. The zero-order valence-electron chi connectivity index (χ0n) is 34.7. The second kappa shape index (κ2) is 22.3. The molecule has 10 N–H and O–H groups in total. The number of nitrogens with one attached hydrogen (secondary N) is 3. The number of likely N-dealkylation sites (N-methyl/N-ethyl adjacent to an activating group) is 1. The molecule has 0 spiro atoms. The van der Waals surface area contributed by atoms with Crippen molar-refractivity contribution in [1.82, 2.24) is 25.8 Å². The number of carbonyl (C=O) groups is 5. The Hall–Kier alpha value is -6.06. The highest BCUT2D eigenvalue weighted by atomic mass is 16.5. The summed E-state index contributed by atoms with van der Waals surface area (Å²) in [6, 6.07) is 12.3. The van der Waals surface area contributed by atoms with Crippen molar-refractivity contribution < 1.29 is 38.6 Å². The normalized spacial score (nSPS) is 16.9. The molecule has 0 saturated carbocycles. The van der Waals surface area contributed by atoms with Gasteiger partial charge in [0.05, 0.1) is 6.07 Å². The Labute approximate surface area is 350 Å². The van der Waals surface area contributed by atoms with Crippen molar-refractivity contribution in [3.8, 4) is 28.7 Å². The first-order chi connectivity index (χ1) is 28.8. The van der Waals surface area contributed by atoms with Gasteiger partial charge in [0, 0.05) is 56.4 Å². The highest BCUT2D eigenvalue weighted by molar-refractivity contribution is 6.00. The first kappa shape index (κ1) is 46.6. The molecule has 1 aliphatic heterocycles. The first-order valence-electron chi connectivity index (χ1n) is 19.9. The lowest BCUT2D eigenvalue weighted by molar-refractivity contribution is -0.144. The quantitative estimate of drug-likeness (QED) is 0.0922. The molecular weight excluding hydrogens is 771 g/mol. The highest BCUT2D eigenvalue weighted by Gasteiger charge is 2.39. The summed E-state index contributed by atoms with van der Waals surface area (Å²) in [4.78, 5) is 73.4. The number of rotatable bonds is 17. The monoisotopic (exact) mass is 827 g/mol. The SMILES string of the molecule is Cc1ccc(C(=O)N(CCCN)[C@@H](CCO)C(=O)N(C)[C@@H]2C(=O)N[C@@H](C)C(=O)N[C@H](C(=O)NCC#N)Cc3ccc(OCCN)c(c3)-c3cc2ccc3OCCN)c(C)c1. The minimum atomic E-state index is -1.42. The fourth-order valence-corrected chi connectivity index (χ4v) is 7.10. The molecule has 17 nitrogen and oxygen atoms in total. The van der Waals surface area contributed by atoms with Crippen LogP contribution in [0.4, 0.5) is 0 Å². The lowest BCUT2D eigenvalue weighted by Gasteiger charge is -2.37. The summed E-state index contributed by atoms with van der Waals surface area (Å²) < 4.78 is 12.2. The molecule has 1 aliphatic rings. The van der Waals surface area contributed by atoms with E-state index in [4.69, 9.17) is 31.9 Å². The Kier molecular flexibility index (Phi) is 17.4. The molecule has 0 saturated heterocycles. The minimum absolute atomic E-state index is 0.000117. The van der Waals surface area contributed by atoms with Crippen LogP contribution in [0.2, 0.25) is 0 Å². The van der Waals surface area contributed by atoms with E-state index in [2.05, 4.69) is 16.0 Å². The second-order valence-corrected chi connectivity index (χ2v) is 14.6. The van der Waals surface area contributed by atoms with Crippen LogP contribution < -0.4 is 42.6 Å². The summed E-state index contributed by atoms with van der Waals surface area (Å²) in [5, 5.41) is 27.4. The van der Waals surface area contributed by atoms with E-state index in [0.29, 0.717) is 51.3 Å². The van der Waals surface area contributed by atoms with E-state index in [1.165, 1.54) is 23.8 Å². The molecule has 60 heavy (non-hydrogen) atoms. The fraction of sp³-hybridized carbons (Fsp3) is 0.442. The molecular formula is C43H57N9O8. The van der Waals surface area contributed by atoms with E-state index in [-0.39, 0.29) is 58.8 Å². The van der Waals surface area contributed by atoms with Crippen LogP contribution in [0.5, 0.6) is 11.5 Å². The van der Waals surface area contributed by atoms with E-state index in [0.717, 1.165) is 5.56 Å². The number of ether oxygens (including phenoxy) is 2. The molecule has 3 aromatic carbocycles. The number of nitrogens with zero attached hydrogens (tertiary/aromatic N) is 3. The summed E-state index contributed by atoms with van der Waals surface area (Å²) in [5.74, 6) is -2.43. The van der Waals surface area contributed by atoms with Gasteiger partial charge in [0.25, 0.3) is 5.91 Å². The van der Waals surface area contributed by atoms with Gasteiger partial charge in [-0.25, -0.2) is 0 Å². The minimum Gasteiger partial charge on any atom is -0.492 e. The lowest BCUT2D eigenvalue weighted by atomic mass is 9.93. The Morgan fingerprint density at radius 2 is 1.60 bits per heavy atom. The number of aryl methyl sites for hydroxylation is 2. The Morgan fingerprint density at radius 3 is 2.22 bits per heavy atom. The third-order valence-electron chi connectivity index (χ3n) is 10.1. The first-order valence-corrected chi connectivity index (χ1v) is 19.9. The summed E-state index contributed by atoms with van der Waals surface area (Å²) in [7, 11) is 1.41. The predicted molar refractivity (Wildman–Crippen MR) is 224 cm³/mol. The van der Waals surface area contributed by atoms with Crippen molar-refractivity contribution in [2.75, 3.05) is 59.6 Å². The van der Waals surface area contributed by atoms with Gasteiger partial charge in [0.15, 0.2) is 0 Å². The average molecular weight is 828 g/mol. The van der Waals surface area contributed by atoms with Crippen LogP contribution in [0.15, 0.2) is 54.6 Å². The van der Waals surface area contributed by atoms with Crippen molar-refractivity contribution in [2.24, 2.45) is 17.2 Å². The molecule has 0 aromatic heterocycles. The maximum absolute atomic E-state index is 14.9. The number of aliphatic hydroxyl groups excluding tert-OH is 1. The zero-order chi connectivity index (χ0) is 43.9. The second-order valence-electron chi connectivity index (χ2n) is 14.6. The van der Waals surface area contributed by atoms with Gasteiger partial charge in [-0.15, -0.1) is 0 Å². The van der Waals surface area contributed by atoms with Crippen molar-refractivity contribution >= 4 is 29.5 Å². The molecule has 17 heteroatoms. The van der Waals surface area contributed by atoms with Crippen LogP contribution in [0.1, 0.15) is 58.4 Å². The molecule has 0 radical (unpaired) electrons. The van der Waals surface area contributed by atoms with Gasteiger partial charge in [0.1, 0.15) is 55.4 Å². The number of amides is 5.